The van der Waals surface area contributed by atoms with E-state index in [0.29, 0.717) is 23.7 Å². The molecule has 3 aromatic rings. The van der Waals surface area contributed by atoms with Crippen LogP contribution in [0.2, 0.25) is 10.0 Å². The molecule has 0 saturated carbocycles. The molecule has 0 saturated heterocycles. The molecule has 2 amide bonds. The van der Waals surface area contributed by atoms with Gasteiger partial charge in [-0.25, -0.2) is 8.42 Å². The molecule has 0 aliphatic rings. The zero-order chi connectivity index (χ0) is 30.2. The fourth-order valence-corrected chi connectivity index (χ4v) is 6.20. The zero-order valence-electron chi connectivity index (χ0n) is 23.5. The summed E-state index contributed by atoms with van der Waals surface area (Å²) in [4.78, 5) is 28.8. The lowest BCUT2D eigenvalue weighted by Crippen LogP contribution is -2.52. The summed E-state index contributed by atoms with van der Waals surface area (Å²) in [6.07, 6.45) is 0.318. The quantitative estimate of drug-likeness (QED) is 0.262. The summed E-state index contributed by atoms with van der Waals surface area (Å²) in [6.45, 7) is 5.68. The molecule has 0 fully saturated rings. The highest BCUT2D eigenvalue weighted by atomic mass is 35.5. The average molecular weight is 621 g/mol. The van der Waals surface area contributed by atoms with E-state index >= 15 is 0 Å². The van der Waals surface area contributed by atoms with E-state index in [1.165, 1.54) is 35.2 Å². The minimum Gasteiger partial charge on any atom is -0.497 e. The van der Waals surface area contributed by atoms with Gasteiger partial charge in [0.1, 0.15) is 18.3 Å². The van der Waals surface area contributed by atoms with Crippen molar-refractivity contribution < 1.29 is 22.7 Å². The van der Waals surface area contributed by atoms with Crippen LogP contribution in [0.3, 0.4) is 0 Å². The van der Waals surface area contributed by atoms with Crippen LogP contribution in [-0.2, 0) is 26.2 Å². The second-order valence-electron chi connectivity index (χ2n) is 9.85. The molecule has 1 atom stereocenters. The number of nitrogens with one attached hydrogen (secondary N) is 1. The maximum Gasteiger partial charge on any atom is 0.264 e. The Hall–Kier alpha value is -3.27. The number of hydrogen-bond donors (Lipinski definition) is 1. The Morgan fingerprint density at radius 2 is 1.63 bits per heavy atom. The van der Waals surface area contributed by atoms with Crippen molar-refractivity contribution in [1.82, 2.24) is 10.2 Å². The van der Waals surface area contributed by atoms with Crippen molar-refractivity contribution >= 4 is 50.7 Å². The number of sulfonamides is 1. The predicted molar refractivity (Wildman–Crippen MR) is 163 cm³/mol. The Balaban J connectivity index is 2.06. The average Bonchev–Trinajstić information content (AvgIpc) is 2.95. The molecular weight excluding hydrogens is 585 g/mol. The molecule has 8 nitrogen and oxygen atoms in total. The van der Waals surface area contributed by atoms with Gasteiger partial charge in [0.15, 0.2) is 0 Å². The smallest absolute Gasteiger partial charge is 0.264 e. The minimum absolute atomic E-state index is 0.0118. The van der Waals surface area contributed by atoms with Crippen LogP contribution in [-0.4, -0.2) is 51.4 Å². The number of nitrogens with zero attached hydrogens (tertiary/aromatic N) is 2. The van der Waals surface area contributed by atoms with Crippen LogP contribution in [0.4, 0.5) is 5.69 Å². The van der Waals surface area contributed by atoms with E-state index in [2.05, 4.69) is 5.32 Å². The number of benzene rings is 3. The van der Waals surface area contributed by atoms with Gasteiger partial charge >= 0.3 is 0 Å². The molecule has 0 unspecified atom stereocenters. The summed E-state index contributed by atoms with van der Waals surface area (Å²) >= 11 is 12.5. The molecule has 0 spiro atoms. The summed E-state index contributed by atoms with van der Waals surface area (Å²) in [5, 5.41) is 3.29. The number of rotatable bonds is 13. The van der Waals surface area contributed by atoms with E-state index in [0.717, 1.165) is 9.87 Å². The first kappa shape index (κ1) is 32.2. The van der Waals surface area contributed by atoms with Gasteiger partial charge in [0.05, 0.1) is 22.7 Å². The van der Waals surface area contributed by atoms with Gasteiger partial charge in [-0.2, -0.15) is 0 Å². The highest BCUT2D eigenvalue weighted by Crippen LogP contribution is 2.33. The minimum atomic E-state index is -4.23. The van der Waals surface area contributed by atoms with E-state index < -0.39 is 28.5 Å². The number of amides is 2. The molecule has 3 aromatic carbocycles. The number of ether oxygens (including phenoxy) is 1. The maximum absolute atomic E-state index is 14.1. The molecule has 1 N–H and O–H groups in total. The third kappa shape index (κ3) is 8.38. The van der Waals surface area contributed by atoms with Crippen LogP contribution in [0.15, 0.2) is 77.7 Å². The molecule has 220 valence electrons. The number of carbonyl (C=O) groups excluding carboxylic acids is 2. The Labute approximate surface area is 252 Å². The summed E-state index contributed by atoms with van der Waals surface area (Å²) in [6, 6.07) is 18.4. The molecule has 0 aliphatic carbocycles. The zero-order valence-corrected chi connectivity index (χ0v) is 25.8. The molecule has 0 heterocycles. The molecule has 0 aromatic heterocycles. The van der Waals surface area contributed by atoms with Gasteiger partial charge in [-0.15, -0.1) is 0 Å². The molecule has 3 rings (SSSR count). The van der Waals surface area contributed by atoms with Crippen LogP contribution < -0.4 is 14.4 Å². The number of anilines is 1. The first-order valence-corrected chi connectivity index (χ1v) is 15.4. The second-order valence-corrected chi connectivity index (χ2v) is 12.6. The van der Waals surface area contributed by atoms with Gasteiger partial charge in [0, 0.05) is 18.1 Å². The lowest BCUT2D eigenvalue weighted by Gasteiger charge is -2.33. The van der Waals surface area contributed by atoms with Gasteiger partial charge in [-0.1, -0.05) is 74.3 Å². The van der Waals surface area contributed by atoms with Crippen LogP contribution >= 0.6 is 23.2 Å². The van der Waals surface area contributed by atoms with Crippen LogP contribution in [0, 0.1) is 5.92 Å². The lowest BCUT2D eigenvalue weighted by atomic mass is 10.1. The second kappa shape index (κ2) is 14.6. The molecule has 11 heteroatoms. The fourth-order valence-electron chi connectivity index (χ4n) is 4.19. The Bertz CT molecular complexity index is 1430. The lowest BCUT2D eigenvalue weighted by molar-refractivity contribution is -0.140. The third-order valence-corrected chi connectivity index (χ3v) is 8.68. The first-order chi connectivity index (χ1) is 19.5. The molecule has 0 aliphatic heterocycles. The highest BCUT2D eigenvalue weighted by molar-refractivity contribution is 7.92. The Morgan fingerprint density at radius 1 is 0.976 bits per heavy atom. The van der Waals surface area contributed by atoms with Crippen LogP contribution in [0.25, 0.3) is 0 Å². The molecule has 41 heavy (non-hydrogen) atoms. The van der Waals surface area contributed by atoms with E-state index in [1.807, 2.05) is 20.8 Å². The Morgan fingerprint density at radius 3 is 2.20 bits per heavy atom. The van der Waals surface area contributed by atoms with E-state index in [9.17, 15) is 18.0 Å². The fraction of sp³-hybridized carbons (Fsp3) is 0.333. The number of hydrogen-bond acceptors (Lipinski definition) is 5. The number of halogens is 2. The van der Waals surface area contributed by atoms with E-state index in [-0.39, 0.29) is 34.0 Å². The van der Waals surface area contributed by atoms with E-state index in [4.69, 9.17) is 27.9 Å². The number of methoxy groups -OCH3 is 1. The summed E-state index contributed by atoms with van der Waals surface area (Å²) < 4.78 is 34.0. The van der Waals surface area contributed by atoms with Crippen LogP contribution in [0.1, 0.15) is 32.8 Å². The van der Waals surface area contributed by atoms with Crippen molar-refractivity contribution in [3.05, 3.63) is 88.4 Å². The van der Waals surface area contributed by atoms with Gasteiger partial charge in [0.2, 0.25) is 11.8 Å². The van der Waals surface area contributed by atoms with Crippen molar-refractivity contribution in [3.63, 3.8) is 0 Å². The summed E-state index contributed by atoms with van der Waals surface area (Å²) in [7, 11) is -2.68. The normalized spacial score (nSPS) is 12.1. The Kier molecular flexibility index (Phi) is 11.5. The monoisotopic (exact) mass is 619 g/mol. The van der Waals surface area contributed by atoms with Crippen molar-refractivity contribution in [2.75, 3.05) is 24.5 Å². The van der Waals surface area contributed by atoms with Crippen molar-refractivity contribution in [1.29, 1.82) is 0 Å². The molecular formula is C30H35Cl2N3O5S. The third-order valence-electron chi connectivity index (χ3n) is 6.37. The van der Waals surface area contributed by atoms with E-state index in [1.54, 1.807) is 49.6 Å². The summed E-state index contributed by atoms with van der Waals surface area (Å²) in [5.74, 6) is -0.0328. The van der Waals surface area contributed by atoms with Crippen LogP contribution in [0.5, 0.6) is 5.75 Å². The van der Waals surface area contributed by atoms with Gasteiger partial charge in [-0.3, -0.25) is 13.9 Å². The van der Waals surface area contributed by atoms with Gasteiger partial charge in [0.25, 0.3) is 10.0 Å². The number of carbonyl (C=O) groups is 2. The van der Waals surface area contributed by atoms with Crippen molar-refractivity contribution in [2.45, 2.75) is 44.7 Å². The summed E-state index contributed by atoms with van der Waals surface area (Å²) in [5.41, 5.74) is 0.839. The maximum atomic E-state index is 14.1. The first-order valence-electron chi connectivity index (χ1n) is 13.2. The SMILES string of the molecule is CC[C@H](C(=O)NCC(C)C)N(Cc1ccc(OC)cc1)C(=O)CN(c1ccc(Cl)cc1Cl)S(=O)(=O)c1ccccc1. The highest BCUT2D eigenvalue weighted by Gasteiger charge is 2.34. The molecule has 0 radical (unpaired) electrons. The van der Waals surface area contributed by atoms with Gasteiger partial charge < -0.3 is 15.0 Å². The molecule has 0 bridgehead atoms. The van der Waals surface area contributed by atoms with Crippen molar-refractivity contribution in [3.8, 4) is 5.75 Å². The largest absolute Gasteiger partial charge is 0.497 e. The predicted octanol–water partition coefficient (Wildman–Crippen LogP) is 5.78. The van der Waals surface area contributed by atoms with Gasteiger partial charge in [-0.05, 0) is 60.4 Å². The standard InChI is InChI=1S/C30H35Cl2N3O5S/c1-5-27(30(37)33-18-21(2)3)34(19-22-11-14-24(40-4)15-12-22)29(36)20-35(28-16-13-23(31)17-26(28)32)41(38,39)25-9-7-6-8-10-25/h6-17,21,27H,5,18-20H2,1-4H3,(H,33,37)/t27-/m1/s1. The van der Waals surface area contributed by atoms with Crippen molar-refractivity contribution in [2.24, 2.45) is 5.92 Å². The topological polar surface area (TPSA) is 96.0 Å².